The van der Waals surface area contributed by atoms with Crippen LogP contribution < -0.4 is 5.32 Å². The molecule has 0 aliphatic rings. The van der Waals surface area contributed by atoms with Gasteiger partial charge in [-0.25, -0.2) is 4.79 Å². The van der Waals surface area contributed by atoms with Crippen molar-refractivity contribution >= 4 is 52.3 Å². The Bertz CT molecular complexity index is 684. The minimum absolute atomic E-state index is 0. The molecule has 0 aliphatic heterocycles. The van der Waals surface area contributed by atoms with Gasteiger partial charge in [-0.1, -0.05) is 50.8 Å². The molecule has 2 aromatic rings. The Balaban J connectivity index is 0.00000312. The zero-order valence-corrected chi connectivity index (χ0v) is 14.2. The minimum atomic E-state index is -1.00. The average molecular weight is 354 g/mol. The Labute approximate surface area is 170 Å². The molecule has 3 N–H and O–H groups in total. The van der Waals surface area contributed by atoms with Crippen LogP contribution in [0.25, 0.3) is 10.9 Å². The molecule has 132 valence electrons. The van der Waals surface area contributed by atoms with Crippen LogP contribution in [0.4, 0.5) is 0 Å². The maximum absolute atomic E-state index is 12.0. The molecular weight excluding hydrogens is 327 g/mol. The molecule has 0 radical (unpaired) electrons. The van der Waals surface area contributed by atoms with Crippen molar-refractivity contribution in [1.29, 1.82) is 0 Å². The van der Waals surface area contributed by atoms with E-state index in [0.29, 0.717) is 6.42 Å². The van der Waals surface area contributed by atoms with Gasteiger partial charge in [0.15, 0.2) is 0 Å². The first-order valence-electron chi connectivity index (χ1n) is 8.69. The molecule has 5 nitrogen and oxygen atoms in total. The van der Waals surface area contributed by atoms with E-state index >= 15 is 0 Å². The van der Waals surface area contributed by atoms with Gasteiger partial charge in [-0.2, -0.15) is 0 Å². The molecule has 1 heterocycles. The van der Waals surface area contributed by atoms with Gasteiger partial charge in [-0.3, -0.25) is 4.79 Å². The van der Waals surface area contributed by atoms with Crippen molar-refractivity contribution in [2.75, 3.05) is 0 Å². The van der Waals surface area contributed by atoms with E-state index in [-0.39, 0.29) is 41.9 Å². The summed E-state index contributed by atoms with van der Waals surface area (Å²) in [5.41, 5.74) is 1.88. The van der Waals surface area contributed by atoms with E-state index in [9.17, 15) is 14.7 Å². The van der Waals surface area contributed by atoms with Gasteiger partial charge in [0.25, 0.3) is 0 Å². The van der Waals surface area contributed by atoms with E-state index in [0.717, 1.165) is 42.1 Å². The van der Waals surface area contributed by atoms with Crippen molar-refractivity contribution in [1.82, 2.24) is 10.3 Å². The molecule has 1 aromatic carbocycles. The van der Waals surface area contributed by atoms with Crippen LogP contribution in [-0.2, 0) is 16.0 Å². The number of hydrogen-bond donors (Lipinski definition) is 3. The fourth-order valence-corrected chi connectivity index (χ4v) is 2.88. The number of hydrogen-bond acceptors (Lipinski definition) is 2. The zero-order valence-electron chi connectivity index (χ0n) is 14.2. The Morgan fingerprint density at radius 2 is 1.88 bits per heavy atom. The van der Waals surface area contributed by atoms with Crippen LogP contribution in [0.15, 0.2) is 30.5 Å². The first-order chi connectivity index (χ1) is 11.6. The number of benzene rings is 1. The summed E-state index contributed by atoms with van der Waals surface area (Å²) in [5.74, 6) is -1.18. The summed E-state index contributed by atoms with van der Waals surface area (Å²) in [6.07, 6.45) is 7.78. The van der Waals surface area contributed by atoms with Gasteiger partial charge in [-0.05, 0) is 18.1 Å². The summed E-state index contributed by atoms with van der Waals surface area (Å²) in [6.45, 7) is 2.15. The fraction of sp³-hybridized carbons (Fsp3) is 0.474. The van der Waals surface area contributed by atoms with Crippen LogP contribution in [0.3, 0.4) is 0 Å². The van der Waals surface area contributed by atoms with Crippen molar-refractivity contribution in [3.05, 3.63) is 36.0 Å². The van der Waals surface area contributed by atoms with Crippen LogP contribution in [0.5, 0.6) is 0 Å². The Hall–Kier alpha value is -1.30. The molecule has 2 rings (SSSR count). The molecule has 6 heteroatoms. The summed E-state index contributed by atoms with van der Waals surface area (Å²) in [7, 11) is 0. The van der Waals surface area contributed by atoms with E-state index in [2.05, 4.69) is 17.2 Å². The number of aromatic amines is 1. The summed E-state index contributed by atoms with van der Waals surface area (Å²) >= 11 is 0. The average Bonchev–Trinajstić information content (AvgIpc) is 2.97. The van der Waals surface area contributed by atoms with E-state index in [1.165, 1.54) is 6.42 Å². The molecule has 0 saturated carbocycles. The zero-order chi connectivity index (χ0) is 17.4. The number of carbonyl (C=O) groups is 2. The van der Waals surface area contributed by atoms with Gasteiger partial charge >= 0.3 is 35.5 Å². The summed E-state index contributed by atoms with van der Waals surface area (Å²) < 4.78 is 0. The maximum atomic E-state index is 12.0. The molecule has 25 heavy (non-hydrogen) atoms. The van der Waals surface area contributed by atoms with Crippen LogP contribution in [0, 0.1) is 0 Å². The molecule has 0 spiro atoms. The van der Waals surface area contributed by atoms with Crippen LogP contribution in [-0.4, -0.2) is 57.6 Å². The number of H-pyrrole nitrogens is 1. The van der Waals surface area contributed by atoms with Gasteiger partial charge in [0.05, 0.1) is 0 Å². The number of aromatic nitrogens is 1. The SMILES string of the molecule is CCCCCCCC(=O)N[C@@H](Cc1c[nH]c2ccccc12)C(=O)O.[NaH]. The van der Waals surface area contributed by atoms with Crippen molar-refractivity contribution in [3.8, 4) is 0 Å². The summed E-state index contributed by atoms with van der Waals surface area (Å²) in [4.78, 5) is 26.6. The molecule has 0 saturated heterocycles. The van der Waals surface area contributed by atoms with E-state index in [4.69, 9.17) is 0 Å². The third-order valence-corrected chi connectivity index (χ3v) is 4.24. The fourth-order valence-electron chi connectivity index (χ4n) is 2.88. The van der Waals surface area contributed by atoms with Gasteiger partial charge in [0.2, 0.25) is 5.91 Å². The summed E-state index contributed by atoms with van der Waals surface area (Å²) in [5, 5.41) is 13.1. The molecular formula is C19H27N2NaO3. The number of nitrogens with one attached hydrogen (secondary N) is 2. The second-order valence-corrected chi connectivity index (χ2v) is 6.19. The first kappa shape index (κ1) is 21.7. The second kappa shape index (κ2) is 11.3. The van der Waals surface area contributed by atoms with Crippen molar-refractivity contribution in [3.63, 3.8) is 0 Å². The quantitative estimate of drug-likeness (QED) is 0.453. The number of unbranched alkanes of at least 4 members (excludes halogenated alkanes) is 4. The predicted molar refractivity (Wildman–Crippen MR) is 102 cm³/mol. The first-order valence-corrected chi connectivity index (χ1v) is 8.69. The van der Waals surface area contributed by atoms with E-state index in [1.54, 1.807) is 0 Å². The topological polar surface area (TPSA) is 82.2 Å². The van der Waals surface area contributed by atoms with Crippen LogP contribution in [0.2, 0.25) is 0 Å². The molecule has 1 amide bonds. The van der Waals surface area contributed by atoms with Gasteiger partial charge < -0.3 is 15.4 Å². The van der Waals surface area contributed by atoms with Crippen molar-refractivity contribution < 1.29 is 14.7 Å². The molecule has 0 aliphatic carbocycles. The standard InChI is InChI=1S/C19H26N2O3.Na.H/c1-2-3-4-5-6-11-18(22)21-17(19(23)24)12-14-13-20-16-10-8-7-9-15(14)16;;/h7-10,13,17,20H,2-6,11-12H2,1H3,(H,21,22)(H,23,24);;/t17-;;/m0../s1. The third-order valence-electron chi connectivity index (χ3n) is 4.24. The number of carbonyl (C=O) groups excluding carboxylic acids is 1. The number of carboxylic acids is 1. The van der Waals surface area contributed by atoms with Crippen molar-refractivity contribution in [2.45, 2.75) is 57.9 Å². The van der Waals surface area contributed by atoms with Gasteiger partial charge in [0.1, 0.15) is 6.04 Å². The Morgan fingerprint density at radius 1 is 1.16 bits per heavy atom. The molecule has 0 fully saturated rings. The molecule has 0 unspecified atom stereocenters. The second-order valence-electron chi connectivity index (χ2n) is 6.19. The third kappa shape index (κ3) is 6.84. The Morgan fingerprint density at radius 3 is 2.60 bits per heavy atom. The normalized spacial score (nSPS) is 11.7. The van der Waals surface area contributed by atoms with E-state index in [1.807, 2.05) is 30.5 Å². The molecule has 0 bridgehead atoms. The predicted octanol–water partition coefficient (Wildman–Crippen LogP) is 2.99. The van der Waals surface area contributed by atoms with Crippen LogP contribution in [0.1, 0.15) is 51.0 Å². The molecule has 1 aromatic heterocycles. The van der Waals surface area contributed by atoms with Crippen LogP contribution >= 0.6 is 0 Å². The molecule has 1 atom stereocenters. The number of fused-ring (bicyclic) bond motifs is 1. The van der Waals surface area contributed by atoms with E-state index < -0.39 is 12.0 Å². The number of aliphatic carboxylic acids is 1. The number of carboxylic acid groups (broad SMARTS) is 1. The van der Waals surface area contributed by atoms with Crippen molar-refractivity contribution in [2.24, 2.45) is 0 Å². The number of para-hydroxylation sites is 1. The van der Waals surface area contributed by atoms with Gasteiger partial charge in [0, 0.05) is 29.9 Å². The number of rotatable bonds is 10. The van der Waals surface area contributed by atoms with Gasteiger partial charge in [-0.15, -0.1) is 0 Å². The Kier molecular flexibility index (Phi) is 9.86. The number of amides is 1. The summed E-state index contributed by atoms with van der Waals surface area (Å²) in [6, 6.07) is 6.86. The monoisotopic (exact) mass is 354 g/mol.